The second-order valence-electron chi connectivity index (χ2n) is 5.14. The number of carbonyl (C=O) groups is 1. The molecule has 0 heterocycles. The molecule has 2 aromatic carbocycles. The molecule has 0 fully saturated rings. The fraction of sp³-hybridized carbons (Fsp3) is 0.133. The summed E-state index contributed by atoms with van der Waals surface area (Å²) < 4.78 is 27.5. The lowest BCUT2D eigenvalue weighted by Crippen LogP contribution is -2.31. The summed E-state index contributed by atoms with van der Waals surface area (Å²) in [7, 11) is -4.36. The Morgan fingerprint density at radius 2 is 1.73 bits per heavy atom. The van der Waals surface area contributed by atoms with E-state index in [-0.39, 0.29) is 15.6 Å². The number of carboxylic acid groups (broad SMARTS) is 1. The van der Waals surface area contributed by atoms with Gasteiger partial charge in [-0.25, -0.2) is 13.1 Å². The van der Waals surface area contributed by atoms with Crippen molar-refractivity contribution in [3.05, 3.63) is 68.2 Å². The van der Waals surface area contributed by atoms with Gasteiger partial charge in [0.2, 0.25) is 10.0 Å². The van der Waals surface area contributed by atoms with E-state index in [0.29, 0.717) is 0 Å². The molecule has 8 nitrogen and oxygen atoms in total. The van der Waals surface area contributed by atoms with Crippen LogP contribution in [0, 0.1) is 10.1 Å². The minimum Gasteiger partial charge on any atom is -0.481 e. The first kappa shape index (κ1) is 20.1. The van der Waals surface area contributed by atoms with Crippen LogP contribution in [0.25, 0.3) is 0 Å². The van der Waals surface area contributed by atoms with Crippen LogP contribution >= 0.6 is 23.2 Å². The Bertz CT molecular complexity index is 944. The van der Waals surface area contributed by atoms with Gasteiger partial charge in [0.25, 0.3) is 5.69 Å². The standard InChI is InChI=1S/C15H12Cl2N2O6S/c16-10-5-3-6-11(17)15(10)26(24,25)18-12(8-14(20)21)9-4-1-2-7-13(9)19(22)23/h1-7,12,18H,8H2,(H,20,21)/t12-/m0/s1. The van der Waals surface area contributed by atoms with Crippen LogP contribution in [0.15, 0.2) is 47.4 Å². The zero-order valence-corrected chi connectivity index (χ0v) is 15.3. The Hall–Kier alpha value is -2.20. The summed E-state index contributed by atoms with van der Waals surface area (Å²) in [4.78, 5) is 21.2. The fourth-order valence-electron chi connectivity index (χ4n) is 2.32. The average molecular weight is 419 g/mol. The SMILES string of the molecule is O=C(O)C[C@H](NS(=O)(=O)c1c(Cl)cccc1Cl)c1ccccc1[N+](=O)[O-]. The maximum absolute atomic E-state index is 12.7. The Kier molecular flexibility index (Phi) is 6.19. The third-order valence-corrected chi connectivity index (χ3v) is 5.80. The largest absolute Gasteiger partial charge is 0.481 e. The van der Waals surface area contributed by atoms with Gasteiger partial charge in [-0.1, -0.05) is 47.5 Å². The molecule has 11 heteroatoms. The predicted molar refractivity (Wildman–Crippen MR) is 94.9 cm³/mol. The summed E-state index contributed by atoms with van der Waals surface area (Å²) in [6.07, 6.45) is -0.716. The Morgan fingerprint density at radius 1 is 1.15 bits per heavy atom. The lowest BCUT2D eigenvalue weighted by molar-refractivity contribution is -0.385. The van der Waals surface area contributed by atoms with Crippen LogP contribution in [0.5, 0.6) is 0 Å². The number of nitro benzene ring substituents is 1. The molecule has 1 atom stereocenters. The van der Waals surface area contributed by atoms with Crippen molar-refractivity contribution in [2.75, 3.05) is 0 Å². The summed E-state index contributed by atoms with van der Waals surface area (Å²) in [5.74, 6) is -1.35. The minimum absolute atomic E-state index is 0.0911. The molecule has 0 radical (unpaired) electrons. The monoisotopic (exact) mass is 418 g/mol. The molecule has 0 aromatic heterocycles. The van der Waals surface area contributed by atoms with Crippen LogP contribution in [0.2, 0.25) is 10.0 Å². The fourth-order valence-corrected chi connectivity index (χ4v) is 4.68. The lowest BCUT2D eigenvalue weighted by atomic mass is 10.0. The van der Waals surface area contributed by atoms with Crippen LogP contribution in [0.3, 0.4) is 0 Å². The molecule has 26 heavy (non-hydrogen) atoms. The summed E-state index contributed by atoms with van der Waals surface area (Å²) in [6.45, 7) is 0. The van der Waals surface area contributed by atoms with Crippen molar-refractivity contribution < 1.29 is 23.2 Å². The first-order valence-corrected chi connectivity index (χ1v) is 9.29. The third-order valence-electron chi connectivity index (χ3n) is 3.37. The summed E-state index contributed by atoms with van der Waals surface area (Å²) in [5.41, 5.74) is -0.502. The first-order valence-electron chi connectivity index (χ1n) is 7.05. The minimum atomic E-state index is -4.36. The zero-order chi connectivity index (χ0) is 19.5. The molecule has 0 saturated carbocycles. The molecule has 2 rings (SSSR count). The topological polar surface area (TPSA) is 127 Å². The molecule has 0 bridgehead atoms. The van der Waals surface area contributed by atoms with Crippen molar-refractivity contribution >= 4 is 44.9 Å². The first-order chi connectivity index (χ1) is 12.1. The van der Waals surface area contributed by atoms with Gasteiger partial charge in [0, 0.05) is 11.6 Å². The molecule has 0 aliphatic heterocycles. The van der Waals surface area contributed by atoms with Gasteiger partial charge in [-0.05, 0) is 12.1 Å². The smallest absolute Gasteiger partial charge is 0.305 e. The summed E-state index contributed by atoms with van der Waals surface area (Å²) >= 11 is 11.8. The number of sulfonamides is 1. The van der Waals surface area contributed by atoms with Gasteiger partial charge in [0.15, 0.2) is 0 Å². The average Bonchev–Trinajstić information content (AvgIpc) is 2.53. The molecule has 138 valence electrons. The van der Waals surface area contributed by atoms with Crippen LogP contribution in [-0.2, 0) is 14.8 Å². The van der Waals surface area contributed by atoms with Crippen LogP contribution in [0.1, 0.15) is 18.0 Å². The number of hydrogen-bond acceptors (Lipinski definition) is 5. The number of nitro groups is 1. The number of hydrogen-bond donors (Lipinski definition) is 2. The Balaban J connectivity index is 2.53. The highest BCUT2D eigenvalue weighted by Gasteiger charge is 2.30. The molecule has 0 unspecified atom stereocenters. The molecule has 0 aliphatic carbocycles. The van der Waals surface area contributed by atoms with Crippen molar-refractivity contribution in [3.63, 3.8) is 0 Å². The highest BCUT2D eigenvalue weighted by atomic mass is 35.5. The number of nitrogens with zero attached hydrogens (tertiary/aromatic N) is 1. The van der Waals surface area contributed by atoms with Gasteiger partial charge in [-0.15, -0.1) is 0 Å². The van der Waals surface area contributed by atoms with Crippen molar-refractivity contribution in [1.29, 1.82) is 0 Å². The number of carboxylic acids is 1. The molecule has 0 spiro atoms. The highest BCUT2D eigenvalue weighted by Crippen LogP contribution is 2.32. The molecule has 2 aromatic rings. The third kappa shape index (κ3) is 4.50. The maximum Gasteiger partial charge on any atom is 0.305 e. The number of halogens is 2. The van der Waals surface area contributed by atoms with Crippen molar-refractivity contribution in [2.24, 2.45) is 0 Å². The van der Waals surface area contributed by atoms with E-state index in [1.54, 1.807) is 0 Å². The van der Waals surface area contributed by atoms with Crippen molar-refractivity contribution in [2.45, 2.75) is 17.4 Å². The van der Waals surface area contributed by atoms with Crippen molar-refractivity contribution in [3.8, 4) is 0 Å². The Labute approximate surface area is 158 Å². The zero-order valence-electron chi connectivity index (χ0n) is 12.9. The van der Waals surface area contributed by atoms with Crippen LogP contribution < -0.4 is 4.72 Å². The van der Waals surface area contributed by atoms with E-state index < -0.39 is 44.0 Å². The normalized spacial score (nSPS) is 12.5. The van der Waals surface area contributed by atoms with Gasteiger partial charge in [0.1, 0.15) is 4.90 Å². The van der Waals surface area contributed by atoms with E-state index in [9.17, 15) is 23.3 Å². The second-order valence-corrected chi connectivity index (χ2v) is 7.60. The van der Waals surface area contributed by atoms with E-state index in [2.05, 4.69) is 4.72 Å². The molecular weight excluding hydrogens is 407 g/mol. The predicted octanol–water partition coefficient (Wildman–Crippen LogP) is 3.40. The van der Waals surface area contributed by atoms with E-state index in [1.807, 2.05) is 0 Å². The van der Waals surface area contributed by atoms with Gasteiger partial charge in [-0.3, -0.25) is 14.9 Å². The summed E-state index contributed by atoms with van der Waals surface area (Å²) in [5, 5.41) is 20.0. The van der Waals surface area contributed by atoms with Gasteiger partial charge < -0.3 is 5.11 Å². The van der Waals surface area contributed by atoms with Gasteiger partial charge in [0.05, 0.1) is 27.4 Å². The number of benzene rings is 2. The number of rotatable bonds is 7. The number of aliphatic carboxylic acids is 1. The van der Waals surface area contributed by atoms with E-state index in [4.69, 9.17) is 28.3 Å². The van der Waals surface area contributed by atoms with E-state index >= 15 is 0 Å². The van der Waals surface area contributed by atoms with Crippen LogP contribution in [-0.4, -0.2) is 24.4 Å². The molecular formula is C15H12Cl2N2O6S. The quantitative estimate of drug-likeness (QED) is 0.523. The maximum atomic E-state index is 12.7. The molecule has 2 N–H and O–H groups in total. The van der Waals surface area contributed by atoms with Gasteiger partial charge in [-0.2, -0.15) is 0 Å². The Morgan fingerprint density at radius 3 is 2.27 bits per heavy atom. The molecule has 0 amide bonds. The van der Waals surface area contributed by atoms with Crippen LogP contribution in [0.4, 0.5) is 5.69 Å². The molecule has 0 saturated heterocycles. The second kappa shape index (κ2) is 8.00. The van der Waals surface area contributed by atoms with E-state index in [0.717, 1.165) is 6.07 Å². The number of para-hydroxylation sites is 1. The molecule has 0 aliphatic rings. The summed E-state index contributed by atoms with van der Waals surface area (Å²) in [6, 6.07) is 7.92. The highest BCUT2D eigenvalue weighted by molar-refractivity contribution is 7.89. The number of nitrogens with one attached hydrogen (secondary N) is 1. The van der Waals surface area contributed by atoms with Gasteiger partial charge >= 0.3 is 5.97 Å². The lowest BCUT2D eigenvalue weighted by Gasteiger charge is -2.18. The van der Waals surface area contributed by atoms with Crippen molar-refractivity contribution in [1.82, 2.24) is 4.72 Å². The van der Waals surface area contributed by atoms with E-state index in [1.165, 1.54) is 36.4 Å².